The van der Waals surface area contributed by atoms with E-state index in [1.807, 2.05) is 12.4 Å². The molecule has 1 heterocycles. The van der Waals surface area contributed by atoms with E-state index in [-0.39, 0.29) is 11.6 Å². The van der Waals surface area contributed by atoms with Gasteiger partial charge in [-0.2, -0.15) is 0 Å². The third kappa shape index (κ3) is 3.75. The fraction of sp³-hybridized carbons (Fsp3) is 0.714. The van der Waals surface area contributed by atoms with Gasteiger partial charge in [-0.3, -0.25) is 0 Å². The first-order valence-corrected chi connectivity index (χ1v) is 6.58. The summed E-state index contributed by atoms with van der Waals surface area (Å²) in [7, 11) is 1.74. The Morgan fingerprint density at radius 3 is 2.39 bits per heavy atom. The van der Waals surface area contributed by atoms with E-state index in [4.69, 9.17) is 4.74 Å². The van der Waals surface area contributed by atoms with E-state index in [2.05, 4.69) is 36.1 Å². The molecule has 0 radical (unpaired) electrons. The Balaban J connectivity index is 1.96. The molecule has 1 atom stereocenters. The third-order valence-corrected chi connectivity index (χ3v) is 3.11. The average molecular weight is 249 g/mol. The zero-order valence-electron chi connectivity index (χ0n) is 11.7. The van der Waals surface area contributed by atoms with Crippen molar-refractivity contribution in [3.8, 4) is 0 Å². The standard InChI is InChI=1S/C14H23N3O/c1-14(2,3)17-9-10-7-15-13(16-8-10)12(18-4)11-5-6-11/h7-8,11-12,17H,5-6,9H2,1-4H3. The van der Waals surface area contributed by atoms with Gasteiger partial charge >= 0.3 is 0 Å². The molecule has 4 nitrogen and oxygen atoms in total. The number of methoxy groups -OCH3 is 1. The minimum absolute atomic E-state index is 0.0784. The summed E-state index contributed by atoms with van der Waals surface area (Å²) in [4.78, 5) is 8.87. The molecular formula is C14H23N3O. The molecule has 18 heavy (non-hydrogen) atoms. The van der Waals surface area contributed by atoms with Crippen LogP contribution in [0.2, 0.25) is 0 Å². The molecule has 1 aliphatic rings. The molecule has 1 aromatic heterocycles. The van der Waals surface area contributed by atoms with Gasteiger partial charge in [-0.1, -0.05) is 0 Å². The first-order chi connectivity index (χ1) is 8.49. The lowest BCUT2D eigenvalue weighted by Crippen LogP contribution is -2.35. The summed E-state index contributed by atoms with van der Waals surface area (Å²) in [5.41, 5.74) is 1.22. The molecule has 1 N–H and O–H groups in total. The first kappa shape index (κ1) is 13.4. The van der Waals surface area contributed by atoms with Crippen LogP contribution in [-0.2, 0) is 11.3 Å². The van der Waals surface area contributed by atoms with Crippen molar-refractivity contribution in [3.05, 3.63) is 23.8 Å². The zero-order chi connectivity index (χ0) is 13.2. The number of nitrogens with one attached hydrogen (secondary N) is 1. The molecule has 4 heteroatoms. The molecule has 0 aliphatic heterocycles. The molecule has 1 unspecified atom stereocenters. The summed E-state index contributed by atoms with van der Waals surface area (Å²) >= 11 is 0. The molecule has 0 aromatic carbocycles. The van der Waals surface area contributed by atoms with Gasteiger partial charge in [0.2, 0.25) is 0 Å². The lowest BCUT2D eigenvalue weighted by Gasteiger charge is -2.20. The molecule has 2 rings (SSSR count). The Bertz CT molecular complexity index is 379. The summed E-state index contributed by atoms with van der Waals surface area (Å²) in [6, 6.07) is 0. The smallest absolute Gasteiger partial charge is 0.157 e. The molecule has 100 valence electrons. The van der Waals surface area contributed by atoms with E-state index in [0.717, 1.165) is 17.9 Å². The monoisotopic (exact) mass is 249 g/mol. The number of nitrogens with zero attached hydrogens (tertiary/aromatic N) is 2. The predicted molar refractivity (Wildman–Crippen MR) is 71.1 cm³/mol. The highest BCUT2D eigenvalue weighted by Crippen LogP contribution is 2.41. The highest BCUT2D eigenvalue weighted by Gasteiger charge is 2.34. The van der Waals surface area contributed by atoms with Gasteiger partial charge in [0.1, 0.15) is 6.10 Å². The molecule has 1 aliphatic carbocycles. The third-order valence-electron chi connectivity index (χ3n) is 3.11. The van der Waals surface area contributed by atoms with Crippen molar-refractivity contribution in [2.75, 3.05) is 7.11 Å². The second-order valence-electron chi connectivity index (χ2n) is 6.05. The number of hydrogen-bond donors (Lipinski definition) is 1. The van der Waals surface area contributed by atoms with Crippen molar-refractivity contribution < 1.29 is 4.74 Å². The maximum Gasteiger partial charge on any atom is 0.157 e. The molecule has 1 aromatic rings. The van der Waals surface area contributed by atoms with Gasteiger partial charge in [0.25, 0.3) is 0 Å². The van der Waals surface area contributed by atoms with Gasteiger partial charge in [-0.05, 0) is 39.5 Å². The van der Waals surface area contributed by atoms with Crippen LogP contribution in [0.1, 0.15) is 51.1 Å². The van der Waals surface area contributed by atoms with Crippen LogP contribution in [0.25, 0.3) is 0 Å². The van der Waals surface area contributed by atoms with Crippen molar-refractivity contribution in [2.45, 2.75) is 51.8 Å². The van der Waals surface area contributed by atoms with Crippen LogP contribution in [-0.4, -0.2) is 22.6 Å². The Morgan fingerprint density at radius 1 is 1.33 bits per heavy atom. The van der Waals surface area contributed by atoms with E-state index in [1.54, 1.807) is 7.11 Å². The maximum atomic E-state index is 5.47. The van der Waals surface area contributed by atoms with Crippen LogP contribution in [0.15, 0.2) is 12.4 Å². The SMILES string of the molecule is COC(c1ncc(CNC(C)(C)C)cn1)C1CC1. The Hall–Kier alpha value is -1.00. The normalized spacial score (nSPS) is 17.8. The van der Waals surface area contributed by atoms with E-state index in [1.165, 1.54) is 12.8 Å². The van der Waals surface area contributed by atoms with Crippen molar-refractivity contribution in [1.82, 2.24) is 15.3 Å². The molecule has 1 fully saturated rings. The van der Waals surface area contributed by atoms with E-state index < -0.39 is 0 Å². The van der Waals surface area contributed by atoms with Crippen LogP contribution >= 0.6 is 0 Å². The highest BCUT2D eigenvalue weighted by atomic mass is 16.5. The molecule has 1 saturated carbocycles. The summed E-state index contributed by atoms with van der Waals surface area (Å²) in [6.45, 7) is 7.24. The first-order valence-electron chi connectivity index (χ1n) is 6.58. The van der Waals surface area contributed by atoms with Crippen LogP contribution in [0.5, 0.6) is 0 Å². The summed E-state index contributed by atoms with van der Waals surface area (Å²) < 4.78 is 5.47. The van der Waals surface area contributed by atoms with E-state index in [9.17, 15) is 0 Å². The number of aromatic nitrogens is 2. The van der Waals surface area contributed by atoms with Crippen molar-refractivity contribution in [3.63, 3.8) is 0 Å². The van der Waals surface area contributed by atoms with Crippen LogP contribution in [0.3, 0.4) is 0 Å². The van der Waals surface area contributed by atoms with Gasteiger partial charge < -0.3 is 10.1 Å². The van der Waals surface area contributed by atoms with Gasteiger partial charge in [0, 0.05) is 37.2 Å². The van der Waals surface area contributed by atoms with Crippen molar-refractivity contribution >= 4 is 0 Å². The fourth-order valence-electron chi connectivity index (χ4n) is 1.88. The lowest BCUT2D eigenvalue weighted by atomic mass is 10.1. The zero-order valence-corrected chi connectivity index (χ0v) is 11.7. The quantitative estimate of drug-likeness (QED) is 0.870. The van der Waals surface area contributed by atoms with Crippen molar-refractivity contribution in [1.29, 1.82) is 0 Å². The Kier molecular flexibility index (Phi) is 3.97. The Morgan fingerprint density at radius 2 is 1.94 bits per heavy atom. The lowest BCUT2D eigenvalue weighted by molar-refractivity contribution is 0.0771. The largest absolute Gasteiger partial charge is 0.373 e. The average Bonchev–Trinajstić information content (AvgIpc) is 3.12. The highest BCUT2D eigenvalue weighted by molar-refractivity contribution is 5.08. The number of rotatable bonds is 5. The van der Waals surface area contributed by atoms with Crippen LogP contribution in [0.4, 0.5) is 0 Å². The molecule has 0 spiro atoms. The second-order valence-corrected chi connectivity index (χ2v) is 6.05. The topological polar surface area (TPSA) is 47.0 Å². The minimum atomic E-state index is 0.0784. The van der Waals surface area contributed by atoms with Gasteiger partial charge in [0.15, 0.2) is 5.82 Å². The van der Waals surface area contributed by atoms with Crippen LogP contribution < -0.4 is 5.32 Å². The summed E-state index contributed by atoms with van der Waals surface area (Å²) in [5, 5.41) is 3.42. The summed E-state index contributed by atoms with van der Waals surface area (Å²) in [5.74, 6) is 1.44. The summed E-state index contributed by atoms with van der Waals surface area (Å²) in [6.07, 6.45) is 6.34. The molecule has 0 bridgehead atoms. The Labute approximate surface area is 109 Å². The van der Waals surface area contributed by atoms with Crippen LogP contribution in [0, 0.1) is 5.92 Å². The van der Waals surface area contributed by atoms with Gasteiger partial charge in [-0.25, -0.2) is 9.97 Å². The number of ether oxygens (including phenoxy) is 1. The van der Waals surface area contributed by atoms with Gasteiger partial charge in [-0.15, -0.1) is 0 Å². The second kappa shape index (κ2) is 5.33. The molecular weight excluding hydrogens is 226 g/mol. The number of hydrogen-bond acceptors (Lipinski definition) is 4. The van der Waals surface area contributed by atoms with Gasteiger partial charge in [0.05, 0.1) is 0 Å². The molecule has 0 saturated heterocycles. The fourth-order valence-corrected chi connectivity index (χ4v) is 1.88. The predicted octanol–water partition coefficient (Wildman–Crippen LogP) is 2.46. The van der Waals surface area contributed by atoms with E-state index >= 15 is 0 Å². The molecule has 0 amide bonds. The maximum absolute atomic E-state index is 5.47. The van der Waals surface area contributed by atoms with E-state index in [0.29, 0.717) is 5.92 Å². The minimum Gasteiger partial charge on any atom is -0.373 e. The van der Waals surface area contributed by atoms with Crippen molar-refractivity contribution in [2.24, 2.45) is 5.92 Å².